The molecule has 120 valence electrons. The number of primary amides is 1. The molecule has 0 aliphatic rings. The Kier molecular flexibility index (Phi) is 6.40. The molecule has 3 N–H and O–H groups in total. The summed E-state index contributed by atoms with van der Waals surface area (Å²) in [5.41, 5.74) is 8.53. The van der Waals surface area contributed by atoms with Crippen LogP contribution in [0.1, 0.15) is 56.5 Å². The maximum Gasteiger partial charge on any atom is 0.237 e. The Bertz CT molecular complexity index is 481. The fourth-order valence-corrected chi connectivity index (χ4v) is 2.44. The third-order valence-corrected chi connectivity index (χ3v) is 4.35. The second kappa shape index (κ2) is 7.59. The summed E-state index contributed by atoms with van der Waals surface area (Å²) in [4.78, 5) is 11.6. The van der Waals surface area contributed by atoms with Gasteiger partial charge < -0.3 is 11.1 Å². The van der Waals surface area contributed by atoms with Gasteiger partial charge in [-0.1, -0.05) is 6.92 Å². The van der Waals surface area contributed by atoms with E-state index in [-0.39, 0.29) is 5.91 Å². The summed E-state index contributed by atoms with van der Waals surface area (Å²) >= 11 is 0. The first kappa shape index (κ1) is 17.7. The summed E-state index contributed by atoms with van der Waals surface area (Å²) in [5, 5.41) is 7.81. The Hall–Kier alpha value is -1.36. The highest BCUT2D eigenvalue weighted by Crippen LogP contribution is 2.16. The summed E-state index contributed by atoms with van der Waals surface area (Å²) < 4.78 is 2.06. The van der Waals surface area contributed by atoms with Crippen LogP contribution in [0, 0.1) is 20.8 Å². The minimum Gasteiger partial charge on any atom is -0.368 e. The molecule has 1 unspecified atom stereocenters. The first-order chi connectivity index (χ1) is 9.81. The standard InChI is InChI=1S/C16H30N4O/c1-6-10-18-16(5,15(17)21)9-7-8-11-20-14(4)12(2)13(3)19-20/h18H,6-11H2,1-5H3,(H2,17,21). The van der Waals surface area contributed by atoms with Crippen molar-refractivity contribution in [1.82, 2.24) is 15.1 Å². The predicted octanol–water partition coefficient (Wildman–Crippen LogP) is 2.22. The molecule has 1 amide bonds. The molecule has 0 aromatic carbocycles. The van der Waals surface area contributed by atoms with E-state index in [0.29, 0.717) is 0 Å². The van der Waals surface area contributed by atoms with Gasteiger partial charge in [0, 0.05) is 12.2 Å². The highest BCUT2D eigenvalue weighted by molar-refractivity contribution is 5.84. The molecule has 21 heavy (non-hydrogen) atoms. The van der Waals surface area contributed by atoms with Gasteiger partial charge in [0.25, 0.3) is 0 Å². The number of carbonyl (C=O) groups is 1. The molecule has 1 atom stereocenters. The fourth-order valence-electron chi connectivity index (χ4n) is 2.44. The molecule has 1 aromatic heterocycles. The number of unbranched alkanes of at least 4 members (excludes halogenated alkanes) is 1. The zero-order valence-electron chi connectivity index (χ0n) is 14.1. The van der Waals surface area contributed by atoms with E-state index in [4.69, 9.17) is 5.73 Å². The number of hydrogen-bond acceptors (Lipinski definition) is 3. The molecule has 0 bridgehead atoms. The molecule has 0 radical (unpaired) electrons. The molecule has 5 nitrogen and oxygen atoms in total. The Balaban J connectivity index is 2.47. The van der Waals surface area contributed by atoms with Crippen LogP contribution >= 0.6 is 0 Å². The lowest BCUT2D eigenvalue weighted by Gasteiger charge is -2.27. The zero-order valence-corrected chi connectivity index (χ0v) is 14.1. The summed E-state index contributed by atoms with van der Waals surface area (Å²) in [6.45, 7) is 11.9. The van der Waals surface area contributed by atoms with Gasteiger partial charge in [0.2, 0.25) is 5.91 Å². The fraction of sp³-hybridized carbons (Fsp3) is 0.750. The predicted molar refractivity (Wildman–Crippen MR) is 86.2 cm³/mol. The summed E-state index contributed by atoms with van der Waals surface area (Å²) in [7, 11) is 0. The average Bonchev–Trinajstić information content (AvgIpc) is 2.68. The number of nitrogens with two attached hydrogens (primary N) is 1. The Morgan fingerprint density at radius 3 is 2.48 bits per heavy atom. The zero-order chi connectivity index (χ0) is 16.0. The Morgan fingerprint density at radius 1 is 1.33 bits per heavy atom. The number of aryl methyl sites for hydroxylation is 2. The maximum atomic E-state index is 11.6. The van der Waals surface area contributed by atoms with Gasteiger partial charge in [0.1, 0.15) is 0 Å². The molecule has 1 aromatic rings. The lowest BCUT2D eigenvalue weighted by molar-refractivity contribution is -0.124. The van der Waals surface area contributed by atoms with Crippen molar-refractivity contribution in [3.63, 3.8) is 0 Å². The van der Waals surface area contributed by atoms with Crippen LogP contribution in [0.4, 0.5) is 0 Å². The highest BCUT2D eigenvalue weighted by Gasteiger charge is 2.29. The van der Waals surface area contributed by atoms with E-state index in [9.17, 15) is 4.79 Å². The number of hydrogen-bond donors (Lipinski definition) is 2. The minimum absolute atomic E-state index is 0.266. The van der Waals surface area contributed by atoms with Gasteiger partial charge >= 0.3 is 0 Å². The molecule has 1 heterocycles. The molecule has 0 saturated heterocycles. The van der Waals surface area contributed by atoms with E-state index in [1.54, 1.807) is 0 Å². The molecular formula is C16H30N4O. The van der Waals surface area contributed by atoms with Crippen molar-refractivity contribution in [3.8, 4) is 0 Å². The normalized spacial score (nSPS) is 14.1. The van der Waals surface area contributed by atoms with Gasteiger partial charge in [-0.15, -0.1) is 0 Å². The molecule has 1 rings (SSSR count). The molecule has 0 saturated carbocycles. The van der Waals surface area contributed by atoms with Crippen LogP contribution in [-0.2, 0) is 11.3 Å². The number of amides is 1. The van der Waals surface area contributed by atoms with Crippen molar-refractivity contribution in [3.05, 3.63) is 17.0 Å². The van der Waals surface area contributed by atoms with E-state index < -0.39 is 5.54 Å². The number of nitrogens with zero attached hydrogens (tertiary/aromatic N) is 2. The average molecular weight is 294 g/mol. The third kappa shape index (κ3) is 4.56. The van der Waals surface area contributed by atoms with E-state index in [0.717, 1.165) is 44.5 Å². The number of nitrogens with one attached hydrogen (secondary N) is 1. The van der Waals surface area contributed by atoms with Crippen molar-refractivity contribution in [1.29, 1.82) is 0 Å². The van der Waals surface area contributed by atoms with Crippen molar-refractivity contribution in [2.45, 2.75) is 72.4 Å². The highest BCUT2D eigenvalue weighted by atomic mass is 16.1. The van der Waals surface area contributed by atoms with Crippen molar-refractivity contribution >= 4 is 5.91 Å². The van der Waals surface area contributed by atoms with E-state index in [1.165, 1.54) is 11.3 Å². The van der Waals surface area contributed by atoms with Crippen molar-refractivity contribution in [2.24, 2.45) is 5.73 Å². The monoisotopic (exact) mass is 294 g/mol. The maximum absolute atomic E-state index is 11.6. The molecule has 0 aliphatic carbocycles. The first-order valence-corrected chi connectivity index (χ1v) is 7.87. The number of carbonyl (C=O) groups excluding carboxylic acids is 1. The first-order valence-electron chi connectivity index (χ1n) is 7.87. The van der Waals surface area contributed by atoms with E-state index in [2.05, 4.69) is 35.9 Å². The molecular weight excluding hydrogens is 264 g/mol. The molecule has 0 spiro atoms. The molecule has 0 aliphatic heterocycles. The second-order valence-corrected chi connectivity index (χ2v) is 6.10. The van der Waals surface area contributed by atoms with E-state index in [1.807, 2.05) is 13.8 Å². The van der Waals surface area contributed by atoms with Crippen LogP contribution in [0.5, 0.6) is 0 Å². The van der Waals surface area contributed by atoms with Crippen LogP contribution in [0.2, 0.25) is 0 Å². The number of rotatable bonds is 9. The number of aromatic nitrogens is 2. The lowest BCUT2D eigenvalue weighted by atomic mass is 9.93. The van der Waals surface area contributed by atoms with E-state index >= 15 is 0 Å². The summed E-state index contributed by atoms with van der Waals surface area (Å²) in [5.74, 6) is -0.266. The second-order valence-electron chi connectivity index (χ2n) is 6.10. The van der Waals surface area contributed by atoms with Gasteiger partial charge in [-0.05, 0) is 65.5 Å². The topological polar surface area (TPSA) is 72.9 Å². The van der Waals surface area contributed by atoms with Crippen LogP contribution in [0.3, 0.4) is 0 Å². The van der Waals surface area contributed by atoms with Crippen molar-refractivity contribution < 1.29 is 4.79 Å². The lowest BCUT2D eigenvalue weighted by Crippen LogP contribution is -2.53. The van der Waals surface area contributed by atoms with Gasteiger partial charge in [-0.3, -0.25) is 9.48 Å². The van der Waals surface area contributed by atoms with Crippen LogP contribution in [0.15, 0.2) is 0 Å². The molecule has 0 fully saturated rings. The largest absolute Gasteiger partial charge is 0.368 e. The SMILES string of the molecule is CCCNC(C)(CCCCn1nc(C)c(C)c1C)C(N)=O. The van der Waals surface area contributed by atoms with Crippen LogP contribution in [0.25, 0.3) is 0 Å². The minimum atomic E-state index is -0.596. The van der Waals surface area contributed by atoms with Crippen LogP contribution in [-0.4, -0.2) is 27.8 Å². The quantitative estimate of drug-likeness (QED) is 0.686. The van der Waals surface area contributed by atoms with Gasteiger partial charge in [0.15, 0.2) is 0 Å². The smallest absolute Gasteiger partial charge is 0.237 e. The molecule has 5 heteroatoms. The Labute approximate surface area is 128 Å². The van der Waals surface area contributed by atoms with Crippen LogP contribution < -0.4 is 11.1 Å². The van der Waals surface area contributed by atoms with Gasteiger partial charge in [-0.25, -0.2) is 0 Å². The van der Waals surface area contributed by atoms with Gasteiger partial charge in [-0.2, -0.15) is 5.10 Å². The summed E-state index contributed by atoms with van der Waals surface area (Å²) in [6.07, 6.45) is 3.71. The Morgan fingerprint density at radius 2 is 2.00 bits per heavy atom. The van der Waals surface area contributed by atoms with Gasteiger partial charge in [0.05, 0.1) is 11.2 Å². The third-order valence-electron chi connectivity index (χ3n) is 4.35. The summed E-state index contributed by atoms with van der Waals surface area (Å²) in [6, 6.07) is 0. The van der Waals surface area contributed by atoms with Crippen molar-refractivity contribution in [2.75, 3.05) is 6.54 Å².